The van der Waals surface area contributed by atoms with E-state index in [1.165, 1.54) is 0 Å². The first-order chi connectivity index (χ1) is 7.83. The van der Waals surface area contributed by atoms with Crippen molar-refractivity contribution in [3.63, 3.8) is 0 Å². The van der Waals surface area contributed by atoms with Crippen LogP contribution in [0.25, 0.3) is 0 Å². The Kier molecular flexibility index (Phi) is 5.28. The highest BCUT2D eigenvalue weighted by Gasteiger charge is 2.36. The van der Waals surface area contributed by atoms with Crippen LogP contribution in [-0.2, 0) is 19.1 Å². The summed E-state index contributed by atoms with van der Waals surface area (Å²) in [7, 11) is 0. The van der Waals surface area contributed by atoms with Gasteiger partial charge in [0.15, 0.2) is 0 Å². The number of alkyl halides is 1. The minimum absolute atomic E-state index is 0.789. The van der Waals surface area contributed by atoms with Crippen molar-refractivity contribution in [3.05, 3.63) is 0 Å². The van der Waals surface area contributed by atoms with Crippen molar-refractivity contribution in [3.8, 4) is 0 Å². The summed E-state index contributed by atoms with van der Waals surface area (Å²) < 4.78 is 23.3. The molecule has 0 saturated carbocycles. The third-order valence-electron chi connectivity index (χ3n) is 1.63. The molecule has 0 aromatic carbocycles. The monoisotopic (exact) mass is 263 g/mol. The SMILES string of the molecule is CC(C)(C)OC(=O)C(N)C(F)C(=O)OC(C)(C)C. The second kappa shape index (κ2) is 5.65. The molecule has 0 aliphatic rings. The van der Waals surface area contributed by atoms with Crippen LogP contribution in [0.15, 0.2) is 0 Å². The molecule has 0 fully saturated rings. The molecule has 5 nitrogen and oxygen atoms in total. The quantitative estimate of drug-likeness (QED) is 0.777. The maximum atomic E-state index is 13.6. The molecule has 0 bridgehead atoms. The van der Waals surface area contributed by atoms with Crippen molar-refractivity contribution >= 4 is 11.9 Å². The molecule has 6 heteroatoms. The molecule has 0 aromatic heterocycles. The number of esters is 2. The average Bonchev–Trinajstić information content (AvgIpc) is 2.09. The standard InChI is InChI=1S/C12H22FNO4/c1-11(2,3)17-9(15)7(13)8(14)10(16)18-12(4,5)6/h7-8H,14H2,1-6H3. The van der Waals surface area contributed by atoms with Crippen molar-refractivity contribution in [2.45, 2.75) is 65.0 Å². The highest BCUT2D eigenvalue weighted by molar-refractivity contribution is 5.86. The largest absolute Gasteiger partial charge is 0.459 e. The van der Waals surface area contributed by atoms with Gasteiger partial charge in [-0.2, -0.15) is 0 Å². The van der Waals surface area contributed by atoms with E-state index >= 15 is 0 Å². The molecule has 0 saturated heterocycles. The van der Waals surface area contributed by atoms with Gasteiger partial charge in [-0.3, -0.25) is 4.79 Å². The van der Waals surface area contributed by atoms with E-state index in [-0.39, 0.29) is 0 Å². The van der Waals surface area contributed by atoms with Gasteiger partial charge in [0.25, 0.3) is 0 Å². The zero-order valence-corrected chi connectivity index (χ0v) is 11.7. The van der Waals surface area contributed by atoms with Gasteiger partial charge >= 0.3 is 11.9 Å². The van der Waals surface area contributed by atoms with Gasteiger partial charge < -0.3 is 15.2 Å². The van der Waals surface area contributed by atoms with Crippen LogP contribution in [0.2, 0.25) is 0 Å². The fraction of sp³-hybridized carbons (Fsp3) is 0.833. The molecule has 0 aromatic rings. The lowest BCUT2D eigenvalue weighted by molar-refractivity contribution is -0.169. The molecule has 0 rings (SSSR count). The number of nitrogens with two attached hydrogens (primary N) is 1. The lowest BCUT2D eigenvalue weighted by Crippen LogP contribution is -2.48. The minimum Gasteiger partial charge on any atom is -0.459 e. The molecule has 106 valence electrons. The summed E-state index contributed by atoms with van der Waals surface area (Å²) in [5.41, 5.74) is 3.71. The first-order valence-electron chi connectivity index (χ1n) is 5.69. The first kappa shape index (κ1) is 16.8. The Morgan fingerprint density at radius 1 is 0.944 bits per heavy atom. The molecule has 0 aliphatic carbocycles. The van der Waals surface area contributed by atoms with Gasteiger partial charge in [0, 0.05) is 0 Å². The summed E-state index contributed by atoms with van der Waals surface area (Å²) in [5.74, 6) is -2.14. The summed E-state index contributed by atoms with van der Waals surface area (Å²) in [5, 5.41) is 0. The molecule has 0 heterocycles. The molecule has 0 amide bonds. The number of carbonyl (C=O) groups is 2. The minimum atomic E-state index is -2.24. The summed E-state index contributed by atoms with van der Waals surface area (Å²) in [6.45, 7) is 9.65. The molecule has 2 N–H and O–H groups in total. The van der Waals surface area contributed by atoms with Crippen LogP contribution in [0.3, 0.4) is 0 Å². The molecular weight excluding hydrogens is 241 g/mol. The molecular formula is C12H22FNO4. The van der Waals surface area contributed by atoms with Crippen LogP contribution >= 0.6 is 0 Å². The van der Waals surface area contributed by atoms with E-state index in [0.717, 1.165) is 0 Å². The van der Waals surface area contributed by atoms with Gasteiger partial charge in [0.2, 0.25) is 6.17 Å². The third kappa shape index (κ3) is 6.54. The van der Waals surface area contributed by atoms with E-state index in [2.05, 4.69) is 0 Å². The van der Waals surface area contributed by atoms with E-state index in [9.17, 15) is 14.0 Å². The van der Waals surface area contributed by atoms with Gasteiger partial charge in [0.1, 0.15) is 17.2 Å². The van der Waals surface area contributed by atoms with Crippen LogP contribution in [0.5, 0.6) is 0 Å². The maximum absolute atomic E-state index is 13.6. The average molecular weight is 263 g/mol. The van der Waals surface area contributed by atoms with E-state index in [1.807, 2.05) is 0 Å². The van der Waals surface area contributed by atoms with Crippen molar-refractivity contribution in [1.82, 2.24) is 0 Å². The predicted molar refractivity (Wildman–Crippen MR) is 64.6 cm³/mol. The van der Waals surface area contributed by atoms with Crippen LogP contribution in [-0.4, -0.2) is 35.4 Å². The Morgan fingerprint density at radius 2 is 1.28 bits per heavy atom. The normalized spacial score (nSPS) is 15.8. The molecule has 0 spiro atoms. The lowest BCUT2D eigenvalue weighted by atomic mass is 10.1. The van der Waals surface area contributed by atoms with Crippen LogP contribution in [0, 0.1) is 0 Å². The van der Waals surface area contributed by atoms with E-state index in [1.54, 1.807) is 41.5 Å². The van der Waals surface area contributed by atoms with E-state index in [0.29, 0.717) is 0 Å². The Morgan fingerprint density at radius 3 is 1.61 bits per heavy atom. The number of hydrogen-bond acceptors (Lipinski definition) is 5. The zero-order chi connectivity index (χ0) is 14.7. The summed E-state index contributed by atoms with van der Waals surface area (Å²) in [6.07, 6.45) is -2.24. The predicted octanol–water partition coefficient (Wildman–Crippen LogP) is 1.34. The first-order valence-corrected chi connectivity index (χ1v) is 5.69. The second-order valence-electron chi connectivity index (χ2n) is 5.99. The molecule has 0 radical (unpaired) electrons. The fourth-order valence-corrected chi connectivity index (χ4v) is 0.994. The number of carbonyl (C=O) groups excluding carboxylic acids is 2. The van der Waals surface area contributed by atoms with Gasteiger partial charge in [-0.25, -0.2) is 9.18 Å². The third-order valence-corrected chi connectivity index (χ3v) is 1.63. The van der Waals surface area contributed by atoms with Crippen molar-refractivity contribution in [2.75, 3.05) is 0 Å². The van der Waals surface area contributed by atoms with Crippen LogP contribution in [0.1, 0.15) is 41.5 Å². The number of rotatable bonds is 3. The topological polar surface area (TPSA) is 78.6 Å². The number of hydrogen-bond donors (Lipinski definition) is 1. The van der Waals surface area contributed by atoms with Gasteiger partial charge in [0.05, 0.1) is 0 Å². The van der Waals surface area contributed by atoms with Crippen LogP contribution in [0.4, 0.5) is 4.39 Å². The summed E-state index contributed by atoms with van der Waals surface area (Å²) in [4.78, 5) is 22.9. The molecule has 18 heavy (non-hydrogen) atoms. The Balaban J connectivity index is 4.55. The van der Waals surface area contributed by atoms with E-state index < -0.39 is 35.4 Å². The Labute approximate surface area is 107 Å². The van der Waals surface area contributed by atoms with Gasteiger partial charge in [-0.05, 0) is 41.5 Å². The molecule has 0 aliphatic heterocycles. The fourth-order valence-electron chi connectivity index (χ4n) is 0.994. The second-order valence-corrected chi connectivity index (χ2v) is 5.99. The summed E-state index contributed by atoms with van der Waals surface area (Å²) >= 11 is 0. The number of ether oxygens (including phenoxy) is 2. The highest BCUT2D eigenvalue weighted by Crippen LogP contribution is 2.14. The molecule has 2 atom stereocenters. The highest BCUT2D eigenvalue weighted by atomic mass is 19.1. The smallest absolute Gasteiger partial charge is 0.343 e. The zero-order valence-electron chi connectivity index (χ0n) is 11.7. The van der Waals surface area contributed by atoms with Crippen LogP contribution < -0.4 is 5.73 Å². The van der Waals surface area contributed by atoms with Gasteiger partial charge in [-0.1, -0.05) is 0 Å². The van der Waals surface area contributed by atoms with Crippen molar-refractivity contribution in [2.24, 2.45) is 5.73 Å². The van der Waals surface area contributed by atoms with E-state index in [4.69, 9.17) is 15.2 Å². The maximum Gasteiger partial charge on any atom is 0.343 e. The Hall–Kier alpha value is -1.17. The lowest BCUT2D eigenvalue weighted by Gasteiger charge is -2.25. The van der Waals surface area contributed by atoms with Gasteiger partial charge in [-0.15, -0.1) is 0 Å². The number of halogens is 1. The summed E-state index contributed by atoms with van der Waals surface area (Å²) in [6, 6.07) is -1.68. The Bertz CT molecular complexity index is 285. The van der Waals surface area contributed by atoms with Crippen molar-refractivity contribution in [1.29, 1.82) is 0 Å². The molecule has 2 unspecified atom stereocenters. The van der Waals surface area contributed by atoms with Crippen molar-refractivity contribution < 1.29 is 23.5 Å².